The maximum absolute atomic E-state index is 13.3. The zero-order valence-electron chi connectivity index (χ0n) is 18.6. The number of benzene rings is 3. The van der Waals surface area contributed by atoms with Crippen molar-refractivity contribution in [2.45, 2.75) is 45.0 Å². The monoisotopic (exact) mass is 467 g/mol. The predicted molar refractivity (Wildman–Crippen MR) is 122 cm³/mol. The Morgan fingerprint density at radius 3 is 2.44 bits per heavy atom. The highest BCUT2D eigenvalue weighted by Gasteiger charge is 2.31. The molecule has 0 spiro atoms. The summed E-state index contributed by atoms with van der Waals surface area (Å²) in [5, 5.41) is 2.89. The largest absolute Gasteiger partial charge is 0.445 e. The van der Waals surface area contributed by atoms with Crippen molar-refractivity contribution in [3.8, 4) is 0 Å². The summed E-state index contributed by atoms with van der Waals surface area (Å²) in [7, 11) is 0. The first-order valence-electron chi connectivity index (χ1n) is 11.0. The molecule has 34 heavy (non-hydrogen) atoms. The third-order valence-corrected chi connectivity index (χ3v) is 5.92. The van der Waals surface area contributed by atoms with Crippen molar-refractivity contribution in [2.24, 2.45) is 0 Å². The van der Waals surface area contributed by atoms with E-state index >= 15 is 0 Å². The lowest BCUT2D eigenvalue weighted by Crippen LogP contribution is -2.27. The van der Waals surface area contributed by atoms with Crippen LogP contribution in [0.1, 0.15) is 63.1 Å². The van der Waals surface area contributed by atoms with Gasteiger partial charge < -0.3 is 10.1 Å². The molecule has 1 atom stereocenters. The van der Waals surface area contributed by atoms with Gasteiger partial charge in [-0.1, -0.05) is 48.5 Å². The quantitative estimate of drug-likeness (QED) is 0.426. The molecule has 0 fully saturated rings. The van der Waals surface area contributed by atoms with Crippen LogP contribution in [-0.2, 0) is 30.4 Å². The van der Waals surface area contributed by atoms with Crippen LogP contribution in [0.25, 0.3) is 0 Å². The number of alkyl carbamates (subject to hydrolysis) is 1. The van der Waals surface area contributed by atoms with Gasteiger partial charge in [0.15, 0.2) is 5.78 Å². The number of nitrogens with one attached hydrogen (secondary N) is 1. The Labute approximate surface area is 195 Å². The van der Waals surface area contributed by atoms with Crippen LogP contribution in [0.5, 0.6) is 0 Å². The minimum atomic E-state index is -4.52. The fourth-order valence-corrected chi connectivity index (χ4v) is 4.23. The summed E-state index contributed by atoms with van der Waals surface area (Å²) in [5.74, 6) is -0.408. The van der Waals surface area contributed by atoms with Crippen LogP contribution in [0.3, 0.4) is 0 Å². The van der Waals surface area contributed by atoms with Crippen molar-refractivity contribution >= 4 is 11.9 Å². The summed E-state index contributed by atoms with van der Waals surface area (Å²) in [5.41, 5.74) is 3.42. The molecule has 0 aromatic heterocycles. The molecule has 1 aliphatic carbocycles. The molecule has 4 nitrogen and oxygen atoms in total. The molecular formula is C27H24F3NO3. The summed E-state index contributed by atoms with van der Waals surface area (Å²) >= 11 is 0. The summed E-state index contributed by atoms with van der Waals surface area (Å²) in [6.45, 7) is 1.44. The minimum Gasteiger partial charge on any atom is -0.445 e. The average molecular weight is 467 g/mol. The van der Waals surface area contributed by atoms with Crippen LogP contribution in [0.4, 0.5) is 18.0 Å². The minimum absolute atomic E-state index is 0.0456. The lowest BCUT2D eigenvalue weighted by molar-refractivity contribution is -0.137. The second-order valence-electron chi connectivity index (χ2n) is 8.48. The van der Waals surface area contributed by atoms with E-state index in [4.69, 9.17) is 4.74 Å². The number of ether oxygens (including phenoxy) is 1. The van der Waals surface area contributed by atoms with Crippen molar-refractivity contribution in [3.05, 3.63) is 106 Å². The Morgan fingerprint density at radius 1 is 0.971 bits per heavy atom. The topological polar surface area (TPSA) is 55.4 Å². The number of rotatable bonds is 6. The van der Waals surface area contributed by atoms with Crippen LogP contribution in [0.2, 0.25) is 0 Å². The van der Waals surface area contributed by atoms with Gasteiger partial charge in [0, 0.05) is 5.56 Å². The number of aryl methyl sites for hydroxylation is 1. The highest BCUT2D eigenvalue weighted by Crippen LogP contribution is 2.34. The third kappa shape index (κ3) is 5.65. The van der Waals surface area contributed by atoms with Crippen molar-refractivity contribution in [1.29, 1.82) is 0 Å². The standard InChI is InChI=1S/C27H24F3NO3/c1-17(32)22-13-20(14-23(15-22)27(28,29)30)11-19-7-9-24-21(12-19)8-10-25(24)31-26(33)34-16-18-5-3-2-4-6-18/h2-7,9,12-15,25H,8,10-11,16H2,1H3,(H,31,33). The Bertz CT molecular complexity index is 1210. The van der Waals surface area contributed by atoms with Crippen LogP contribution >= 0.6 is 0 Å². The number of carbonyl (C=O) groups excluding carboxylic acids is 2. The van der Waals surface area contributed by atoms with Gasteiger partial charge in [0.1, 0.15) is 6.61 Å². The van der Waals surface area contributed by atoms with Crippen molar-refractivity contribution in [1.82, 2.24) is 5.32 Å². The van der Waals surface area contributed by atoms with E-state index in [0.29, 0.717) is 5.56 Å². The predicted octanol–water partition coefficient (Wildman–Crippen LogP) is 6.41. The molecule has 4 rings (SSSR count). The molecule has 7 heteroatoms. The lowest BCUT2D eigenvalue weighted by Gasteiger charge is -2.15. The first-order valence-corrected chi connectivity index (χ1v) is 11.0. The van der Waals surface area contributed by atoms with Crippen LogP contribution in [0, 0.1) is 0 Å². The number of Topliss-reactive ketones (excluding diaryl/α,β-unsaturated/α-hetero) is 1. The van der Waals surface area contributed by atoms with Crippen molar-refractivity contribution in [3.63, 3.8) is 0 Å². The summed E-state index contributed by atoms with van der Waals surface area (Å²) in [6.07, 6.45) is -3.28. The highest BCUT2D eigenvalue weighted by atomic mass is 19.4. The number of fused-ring (bicyclic) bond motifs is 1. The number of hydrogen-bond donors (Lipinski definition) is 1. The van der Waals surface area contributed by atoms with E-state index in [1.807, 2.05) is 48.5 Å². The van der Waals surface area contributed by atoms with Gasteiger partial charge in [0.25, 0.3) is 0 Å². The van der Waals surface area contributed by atoms with Gasteiger partial charge in [-0.2, -0.15) is 13.2 Å². The van der Waals surface area contributed by atoms with Gasteiger partial charge in [-0.25, -0.2) is 4.79 Å². The van der Waals surface area contributed by atoms with Crippen molar-refractivity contribution in [2.75, 3.05) is 0 Å². The Hall–Kier alpha value is -3.61. The van der Waals surface area contributed by atoms with Gasteiger partial charge in [0.2, 0.25) is 0 Å². The zero-order chi connectivity index (χ0) is 24.3. The Balaban J connectivity index is 1.44. The van der Waals surface area contributed by atoms with Gasteiger partial charge in [0.05, 0.1) is 11.6 Å². The van der Waals surface area contributed by atoms with Gasteiger partial charge in [-0.15, -0.1) is 0 Å². The van der Waals surface area contributed by atoms with E-state index in [-0.39, 0.29) is 24.6 Å². The molecule has 3 aromatic rings. The molecule has 0 saturated heterocycles. The molecule has 0 saturated carbocycles. The molecule has 0 bridgehead atoms. The lowest BCUT2D eigenvalue weighted by atomic mass is 9.96. The molecular weight excluding hydrogens is 443 g/mol. The van der Waals surface area contributed by atoms with Crippen molar-refractivity contribution < 1.29 is 27.5 Å². The van der Waals surface area contributed by atoms with E-state index in [2.05, 4.69) is 5.32 Å². The molecule has 0 radical (unpaired) electrons. The molecule has 1 aliphatic rings. The van der Waals surface area contributed by atoms with E-state index in [9.17, 15) is 22.8 Å². The van der Waals surface area contributed by atoms with E-state index in [1.165, 1.54) is 13.0 Å². The number of halogens is 3. The van der Waals surface area contributed by atoms with E-state index in [1.54, 1.807) is 0 Å². The molecule has 176 valence electrons. The maximum atomic E-state index is 13.3. The number of amides is 1. The fourth-order valence-electron chi connectivity index (χ4n) is 4.23. The number of hydrogen-bond acceptors (Lipinski definition) is 3. The smallest absolute Gasteiger partial charge is 0.416 e. The summed E-state index contributed by atoms with van der Waals surface area (Å²) in [6, 6.07) is 18.4. The Morgan fingerprint density at radius 2 is 1.74 bits per heavy atom. The second kappa shape index (κ2) is 9.71. The molecule has 1 N–H and O–H groups in total. The Kier molecular flexibility index (Phi) is 6.72. The first-order chi connectivity index (χ1) is 16.2. The van der Waals surface area contributed by atoms with Crippen LogP contribution in [-0.4, -0.2) is 11.9 Å². The highest BCUT2D eigenvalue weighted by molar-refractivity contribution is 5.94. The second-order valence-corrected chi connectivity index (χ2v) is 8.48. The average Bonchev–Trinajstić information content (AvgIpc) is 3.19. The maximum Gasteiger partial charge on any atom is 0.416 e. The summed E-state index contributed by atoms with van der Waals surface area (Å²) < 4.78 is 45.1. The van der Waals surface area contributed by atoms with Crippen LogP contribution < -0.4 is 5.32 Å². The van der Waals surface area contributed by atoms with Gasteiger partial charge in [-0.3, -0.25) is 4.79 Å². The summed E-state index contributed by atoms with van der Waals surface area (Å²) in [4.78, 5) is 24.0. The van der Waals surface area contributed by atoms with E-state index < -0.39 is 23.6 Å². The van der Waals surface area contributed by atoms with Gasteiger partial charge in [-0.05, 0) is 72.2 Å². The SMILES string of the molecule is CC(=O)c1cc(Cc2ccc3c(c2)CCC3NC(=O)OCc2ccccc2)cc(C(F)(F)F)c1. The van der Waals surface area contributed by atoms with Gasteiger partial charge >= 0.3 is 12.3 Å². The number of carbonyl (C=O) groups is 2. The fraction of sp³-hybridized carbons (Fsp3) is 0.259. The molecule has 3 aromatic carbocycles. The molecule has 1 unspecified atom stereocenters. The molecule has 0 aliphatic heterocycles. The number of ketones is 1. The normalized spacial score (nSPS) is 15.0. The molecule has 1 amide bonds. The third-order valence-electron chi connectivity index (χ3n) is 5.92. The zero-order valence-corrected chi connectivity index (χ0v) is 18.6. The number of alkyl halides is 3. The first kappa shape index (κ1) is 23.5. The van der Waals surface area contributed by atoms with Crippen LogP contribution in [0.15, 0.2) is 66.7 Å². The molecule has 0 heterocycles. The van der Waals surface area contributed by atoms with E-state index in [0.717, 1.165) is 47.2 Å².